The fraction of sp³-hybridized carbons (Fsp3) is 0.483. The van der Waals surface area contributed by atoms with Gasteiger partial charge in [0.2, 0.25) is 0 Å². The van der Waals surface area contributed by atoms with Crippen LogP contribution in [0.1, 0.15) is 54.9 Å². The van der Waals surface area contributed by atoms with Crippen molar-refractivity contribution in [3.05, 3.63) is 70.7 Å². The Morgan fingerprint density at radius 1 is 1.13 bits per heavy atom. The van der Waals surface area contributed by atoms with Gasteiger partial charge in [-0.2, -0.15) is 0 Å². The Morgan fingerprint density at radius 3 is 2.47 bits per heavy atom. The third-order valence-corrected chi connectivity index (χ3v) is 7.94. The van der Waals surface area contributed by atoms with Crippen LogP contribution in [0.5, 0.6) is 5.75 Å². The molecule has 4 rings (SSSR count). The number of ether oxygens (including phenoxy) is 1. The fourth-order valence-corrected chi connectivity index (χ4v) is 5.50. The number of aliphatic hydroxyl groups excluding tert-OH is 2. The van der Waals surface area contributed by atoms with Gasteiger partial charge >= 0.3 is 0 Å². The normalized spacial score (nSPS) is 16.6. The van der Waals surface area contributed by atoms with Crippen LogP contribution >= 0.6 is 0 Å². The molecule has 1 aliphatic heterocycles. The van der Waals surface area contributed by atoms with Crippen LogP contribution < -0.4 is 10.5 Å². The van der Waals surface area contributed by atoms with Crippen LogP contribution in [0.4, 0.5) is 13.2 Å². The molecule has 2 aromatic carbocycles. The predicted molar refractivity (Wildman–Crippen MR) is 140 cm³/mol. The Balaban J connectivity index is 1.34. The topological polar surface area (TPSA) is 91.8 Å². The summed E-state index contributed by atoms with van der Waals surface area (Å²) in [7, 11) is 1.59. The number of aliphatic hydroxyl groups is 2. The third kappa shape index (κ3) is 6.29. The first-order valence-corrected chi connectivity index (χ1v) is 13.1. The van der Waals surface area contributed by atoms with Crippen molar-refractivity contribution >= 4 is 10.9 Å². The SMILES string of the molecule is COc1ccc2ncc(CN)c(C(O)CCC3(CO)CCN(CCCc4cc(F)c(F)c(F)c4)CC3)c2c1. The Morgan fingerprint density at radius 2 is 1.84 bits per heavy atom. The first-order valence-electron chi connectivity index (χ1n) is 13.1. The number of hydrogen-bond acceptors (Lipinski definition) is 6. The first-order chi connectivity index (χ1) is 18.3. The number of halogens is 3. The monoisotopic (exact) mass is 531 g/mol. The van der Waals surface area contributed by atoms with Crippen LogP contribution in [0.25, 0.3) is 10.9 Å². The minimum Gasteiger partial charge on any atom is -0.497 e. The molecule has 0 radical (unpaired) electrons. The smallest absolute Gasteiger partial charge is 0.194 e. The average Bonchev–Trinajstić information content (AvgIpc) is 2.94. The third-order valence-electron chi connectivity index (χ3n) is 7.94. The van der Waals surface area contributed by atoms with E-state index < -0.39 is 23.6 Å². The van der Waals surface area contributed by atoms with Gasteiger partial charge in [0.05, 0.1) is 18.7 Å². The molecule has 206 valence electrons. The minimum atomic E-state index is -1.44. The maximum absolute atomic E-state index is 13.5. The molecule has 38 heavy (non-hydrogen) atoms. The first kappa shape index (κ1) is 28.3. The van der Waals surface area contributed by atoms with Crippen molar-refractivity contribution in [3.63, 3.8) is 0 Å². The van der Waals surface area contributed by atoms with Gasteiger partial charge in [0.15, 0.2) is 17.5 Å². The highest BCUT2D eigenvalue weighted by atomic mass is 19.2. The van der Waals surface area contributed by atoms with Crippen LogP contribution in [0.3, 0.4) is 0 Å². The number of nitrogens with zero attached hydrogens (tertiary/aromatic N) is 2. The molecule has 4 N–H and O–H groups in total. The second kappa shape index (κ2) is 12.4. The molecular formula is C29H36F3N3O3. The summed E-state index contributed by atoms with van der Waals surface area (Å²) in [5.41, 5.74) is 8.43. The lowest BCUT2D eigenvalue weighted by Crippen LogP contribution is -2.42. The largest absolute Gasteiger partial charge is 0.497 e. The van der Waals surface area contributed by atoms with Crippen molar-refractivity contribution in [1.82, 2.24) is 9.88 Å². The molecule has 0 aliphatic carbocycles. The van der Waals surface area contributed by atoms with Gasteiger partial charge in [-0.25, -0.2) is 13.2 Å². The lowest BCUT2D eigenvalue weighted by atomic mass is 9.74. The quantitative estimate of drug-likeness (QED) is 0.312. The van der Waals surface area contributed by atoms with Gasteiger partial charge in [-0.1, -0.05) is 0 Å². The number of hydrogen-bond donors (Lipinski definition) is 3. The van der Waals surface area contributed by atoms with Gasteiger partial charge in [0, 0.05) is 24.7 Å². The molecule has 0 saturated carbocycles. The number of methoxy groups -OCH3 is 1. The molecular weight excluding hydrogens is 495 g/mol. The zero-order chi connectivity index (χ0) is 27.3. The summed E-state index contributed by atoms with van der Waals surface area (Å²) in [6.45, 7) is 2.61. The molecule has 2 heterocycles. The van der Waals surface area contributed by atoms with E-state index in [0.717, 1.165) is 66.6 Å². The highest BCUT2D eigenvalue weighted by Crippen LogP contribution is 2.39. The van der Waals surface area contributed by atoms with Gasteiger partial charge in [-0.3, -0.25) is 4.98 Å². The standard InChI is InChI=1S/C29H36F3N3O3/c1-38-21-4-5-25-22(15-21)27(20(16-33)17-34-25)26(37)6-7-29(18-36)8-11-35(12-9-29)10-2-3-19-13-23(30)28(32)24(31)14-19/h4-5,13-15,17,26,36-37H,2-3,6-12,16,18,33H2,1H3. The number of benzene rings is 2. The van der Waals surface area contributed by atoms with Crippen molar-refractivity contribution in [2.75, 3.05) is 33.4 Å². The highest BCUT2D eigenvalue weighted by Gasteiger charge is 2.34. The van der Waals surface area contributed by atoms with Gasteiger partial charge in [0.1, 0.15) is 5.75 Å². The molecule has 1 saturated heterocycles. The van der Waals surface area contributed by atoms with Crippen LogP contribution in [0, 0.1) is 22.9 Å². The second-order valence-corrected chi connectivity index (χ2v) is 10.3. The molecule has 9 heteroatoms. The molecule has 1 unspecified atom stereocenters. The summed E-state index contributed by atoms with van der Waals surface area (Å²) < 4.78 is 45.5. The molecule has 1 aromatic heterocycles. The van der Waals surface area contributed by atoms with Gasteiger partial charge in [-0.15, -0.1) is 0 Å². The number of aromatic nitrogens is 1. The second-order valence-electron chi connectivity index (χ2n) is 10.3. The number of piperidine rings is 1. The van der Waals surface area contributed by atoms with Gasteiger partial charge < -0.3 is 25.6 Å². The summed E-state index contributed by atoms with van der Waals surface area (Å²) in [5.74, 6) is -3.09. The summed E-state index contributed by atoms with van der Waals surface area (Å²) in [6, 6.07) is 7.66. The maximum Gasteiger partial charge on any atom is 0.194 e. The van der Waals surface area contributed by atoms with Crippen molar-refractivity contribution in [2.45, 2.75) is 51.2 Å². The Labute approximate surface area is 221 Å². The zero-order valence-corrected chi connectivity index (χ0v) is 21.7. The van der Waals surface area contributed by atoms with E-state index in [-0.39, 0.29) is 18.6 Å². The van der Waals surface area contributed by atoms with E-state index in [1.54, 1.807) is 13.3 Å². The molecule has 0 bridgehead atoms. The zero-order valence-electron chi connectivity index (χ0n) is 21.7. The molecule has 0 amide bonds. The van der Waals surface area contributed by atoms with E-state index in [1.165, 1.54) is 0 Å². The van der Waals surface area contributed by atoms with E-state index >= 15 is 0 Å². The van der Waals surface area contributed by atoms with Gasteiger partial charge in [0.25, 0.3) is 0 Å². The van der Waals surface area contributed by atoms with Gasteiger partial charge in [-0.05, 0) is 111 Å². The fourth-order valence-electron chi connectivity index (χ4n) is 5.50. The number of pyridine rings is 1. The van der Waals surface area contributed by atoms with Crippen molar-refractivity contribution in [3.8, 4) is 5.75 Å². The number of aryl methyl sites for hydroxylation is 1. The molecule has 3 aromatic rings. The number of fused-ring (bicyclic) bond motifs is 1. The summed E-state index contributed by atoms with van der Waals surface area (Å²) in [4.78, 5) is 6.74. The van der Waals surface area contributed by atoms with E-state index in [2.05, 4.69) is 9.88 Å². The molecule has 1 fully saturated rings. The van der Waals surface area contributed by atoms with E-state index in [1.807, 2.05) is 18.2 Å². The summed E-state index contributed by atoms with van der Waals surface area (Å²) in [6.07, 6.45) is 4.80. The van der Waals surface area contributed by atoms with Crippen LogP contribution in [0.2, 0.25) is 0 Å². The van der Waals surface area contributed by atoms with Crippen molar-refractivity contribution in [1.29, 1.82) is 0 Å². The van der Waals surface area contributed by atoms with Crippen LogP contribution in [-0.2, 0) is 13.0 Å². The van der Waals surface area contributed by atoms with Crippen molar-refractivity contribution in [2.24, 2.45) is 11.1 Å². The molecule has 1 aliphatic rings. The maximum atomic E-state index is 13.5. The molecule has 1 atom stereocenters. The van der Waals surface area contributed by atoms with Crippen LogP contribution in [0.15, 0.2) is 36.5 Å². The molecule has 0 spiro atoms. The number of rotatable bonds is 11. The number of nitrogens with two attached hydrogens (primary N) is 1. The lowest BCUT2D eigenvalue weighted by Gasteiger charge is -2.41. The summed E-state index contributed by atoms with van der Waals surface area (Å²) in [5, 5.41) is 22.4. The van der Waals surface area contributed by atoms with Crippen LogP contribution in [-0.4, -0.2) is 53.4 Å². The predicted octanol–water partition coefficient (Wildman–Crippen LogP) is 4.64. The summed E-state index contributed by atoms with van der Waals surface area (Å²) >= 11 is 0. The minimum absolute atomic E-state index is 0.0381. The Hall–Kier alpha value is -2.72. The Bertz CT molecular complexity index is 1220. The lowest BCUT2D eigenvalue weighted by molar-refractivity contribution is 0.0233. The highest BCUT2D eigenvalue weighted by molar-refractivity contribution is 5.85. The molecule has 6 nitrogen and oxygen atoms in total. The Kier molecular flexibility index (Phi) is 9.25. The van der Waals surface area contributed by atoms with E-state index in [0.29, 0.717) is 37.0 Å². The van der Waals surface area contributed by atoms with Crippen molar-refractivity contribution < 1.29 is 28.1 Å². The van der Waals surface area contributed by atoms with E-state index in [9.17, 15) is 23.4 Å². The number of likely N-dealkylation sites (tertiary alicyclic amines) is 1. The average molecular weight is 532 g/mol. The van der Waals surface area contributed by atoms with E-state index in [4.69, 9.17) is 10.5 Å².